The van der Waals surface area contributed by atoms with Gasteiger partial charge < -0.3 is 24.6 Å². The fourth-order valence-electron chi connectivity index (χ4n) is 3.29. The van der Waals surface area contributed by atoms with Crippen LogP contribution in [0.5, 0.6) is 5.88 Å². The molecule has 0 spiro atoms. The Morgan fingerprint density at radius 3 is 2.06 bits per heavy atom. The molecular formula is C20H20F6N4O6. The van der Waals surface area contributed by atoms with E-state index in [-0.39, 0.29) is 5.41 Å². The van der Waals surface area contributed by atoms with Crippen LogP contribution < -0.4 is 9.64 Å². The van der Waals surface area contributed by atoms with Crippen LogP contribution in [0.2, 0.25) is 0 Å². The number of hydrogen-bond donors (Lipinski definition) is 2. The predicted molar refractivity (Wildman–Crippen MR) is 108 cm³/mol. The van der Waals surface area contributed by atoms with E-state index < -0.39 is 24.3 Å². The quantitative estimate of drug-likeness (QED) is 0.573. The average molecular weight is 526 g/mol. The molecule has 2 aromatic rings. The molecule has 2 saturated heterocycles. The smallest absolute Gasteiger partial charge is 0.477 e. The van der Waals surface area contributed by atoms with Gasteiger partial charge in [0.05, 0.1) is 25.2 Å². The summed E-state index contributed by atoms with van der Waals surface area (Å²) in [4.78, 5) is 33.0. The highest BCUT2D eigenvalue weighted by Crippen LogP contribution is 2.42. The first-order valence-corrected chi connectivity index (χ1v) is 9.98. The van der Waals surface area contributed by atoms with Crippen LogP contribution in [-0.4, -0.2) is 82.4 Å². The Hall–Kier alpha value is -3.69. The van der Waals surface area contributed by atoms with Gasteiger partial charge in [-0.05, 0) is 12.1 Å². The number of hydrogen-bond acceptors (Lipinski definition) is 8. The first-order valence-electron chi connectivity index (χ1n) is 9.98. The molecule has 16 heteroatoms. The summed E-state index contributed by atoms with van der Waals surface area (Å²) in [6, 6.07) is 7.54. The van der Waals surface area contributed by atoms with Crippen molar-refractivity contribution in [2.24, 2.45) is 11.3 Å². The molecule has 2 N–H and O–H groups in total. The first kappa shape index (κ1) is 28.5. The van der Waals surface area contributed by atoms with Crippen molar-refractivity contribution in [3.63, 3.8) is 0 Å². The normalized spacial score (nSPS) is 20.8. The molecule has 0 bridgehead atoms. The first-order chi connectivity index (χ1) is 16.7. The van der Waals surface area contributed by atoms with Gasteiger partial charge in [0.2, 0.25) is 11.8 Å². The minimum absolute atomic E-state index is 0.00325. The van der Waals surface area contributed by atoms with Crippen LogP contribution in [-0.2, 0) is 14.3 Å². The maximum absolute atomic E-state index is 10.6. The molecular weight excluding hydrogens is 506 g/mol. The third kappa shape index (κ3) is 8.21. The zero-order chi connectivity index (χ0) is 27.0. The van der Waals surface area contributed by atoms with Crippen LogP contribution in [0.4, 0.5) is 32.3 Å². The molecule has 198 valence electrons. The maximum atomic E-state index is 10.6. The second kappa shape index (κ2) is 11.8. The lowest BCUT2D eigenvalue weighted by molar-refractivity contribution is -0.193. The van der Waals surface area contributed by atoms with Crippen LogP contribution in [0.25, 0.3) is 0 Å². The molecule has 0 saturated carbocycles. The minimum Gasteiger partial charge on any atom is -0.477 e. The Kier molecular flexibility index (Phi) is 9.38. The second-order valence-corrected chi connectivity index (χ2v) is 7.57. The molecule has 2 aliphatic rings. The summed E-state index contributed by atoms with van der Waals surface area (Å²) < 4.78 is 75.1. The SMILES string of the molecule is O=C(O)C(F)(F)F.O=C(O)C(F)(F)F.c1ccc(OC[C@]23COC[C@H]2CN(c2ncccn2)C3)nc1. The molecule has 2 atom stereocenters. The number of aromatic nitrogens is 3. The zero-order valence-corrected chi connectivity index (χ0v) is 18.2. The largest absolute Gasteiger partial charge is 0.490 e. The zero-order valence-electron chi connectivity index (χ0n) is 18.2. The van der Waals surface area contributed by atoms with Crippen LogP contribution in [0.15, 0.2) is 42.9 Å². The van der Waals surface area contributed by atoms with E-state index in [9.17, 15) is 26.3 Å². The van der Waals surface area contributed by atoms with E-state index in [4.69, 9.17) is 29.3 Å². The lowest BCUT2D eigenvalue weighted by Crippen LogP contribution is -2.37. The van der Waals surface area contributed by atoms with Gasteiger partial charge in [0.15, 0.2) is 0 Å². The van der Waals surface area contributed by atoms with Crippen molar-refractivity contribution in [1.82, 2.24) is 15.0 Å². The molecule has 2 aromatic heterocycles. The van der Waals surface area contributed by atoms with E-state index in [0.29, 0.717) is 25.0 Å². The lowest BCUT2D eigenvalue weighted by atomic mass is 9.82. The number of anilines is 1. The summed E-state index contributed by atoms with van der Waals surface area (Å²) >= 11 is 0. The van der Waals surface area contributed by atoms with Crippen molar-refractivity contribution in [2.45, 2.75) is 12.4 Å². The highest BCUT2D eigenvalue weighted by Gasteiger charge is 2.52. The number of carbonyl (C=O) groups is 2. The van der Waals surface area contributed by atoms with Crippen molar-refractivity contribution >= 4 is 17.9 Å². The summed E-state index contributed by atoms with van der Waals surface area (Å²) in [5.74, 6) is -3.62. The molecule has 0 amide bonds. The summed E-state index contributed by atoms with van der Waals surface area (Å²) in [5.41, 5.74) is -0.00325. The van der Waals surface area contributed by atoms with E-state index in [1.54, 1.807) is 18.6 Å². The Morgan fingerprint density at radius 2 is 1.56 bits per heavy atom. The van der Waals surface area contributed by atoms with Crippen molar-refractivity contribution in [3.05, 3.63) is 42.9 Å². The fraction of sp³-hybridized carbons (Fsp3) is 0.450. The molecule has 10 nitrogen and oxygen atoms in total. The van der Waals surface area contributed by atoms with Gasteiger partial charge >= 0.3 is 24.3 Å². The van der Waals surface area contributed by atoms with E-state index >= 15 is 0 Å². The Labute approximate surface area is 199 Å². The molecule has 4 rings (SSSR count). The van der Waals surface area contributed by atoms with Gasteiger partial charge in [0.25, 0.3) is 0 Å². The minimum atomic E-state index is -5.08. The third-order valence-corrected chi connectivity index (χ3v) is 4.99. The summed E-state index contributed by atoms with van der Waals surface area (Å²) in [5, 5.41) is 14.2. The van der Waals surface area contributed by atoms with Gasteiger partial charge in [-0.2, -0.15) is 26.3 Å². The third-order valence-electron chi connectivity index (χ3n) is 4.99. The highest BCUT2D eigenvalue weighted by molar-refractivity contribution is 5.73. The number of ether oxygens (including phenoxy) is 2. The topological polar surface area (TPSA) is 135 Å². The van der Waals surface area contributed by atoms with Crippen molar-refractivity contribution in [1.29, 1.82) is 0 Å². The van der Waals surface area contributed by atoms with E-state index in [1.165, 1.54) is 0 Å². The van der Waals surface area contributed by atoms with Gasteiger partial charge in [-0.1, -0.05) is 6.07 Å². The van der Waals surface area contributed by atoms with Gasteiger partial charge in [0, 0.05) is 43.7 Å². The standard InChI is InChI=1S/C16H18N4O2.2C2HF3O2/c1-2-5-17-14(4-1)22-12-16-10-20(8-13(16)9-21-11-16)15-18-6-3-7-19-15;2*3-2(4,5)1(6)7/h1-7,13H,8-12H2;2*(H,6,7)/t13-,16+;;/m1../s1. The molecule has 2 fully saturated rings. The van der Waals surface area contributed by atoms with E-state index in [2.05, 4.69) is 19.9 Å². The number of carboxylic acids is 2. The number of halogens is 6. The van der Waals surface area contributed by atoms with Crippen molar-refractivity contribution in [3.8, 4) is 5.88 Å². The summed E-state index contributed by atoms with van der Waals surface area (Å²) in [7, 11) is 0. The monoisotopic (exact) mass is 526 g/mol. The second-order valence-electron chi connectivity index (χ2n) is 7.57. The molecule has 36 heavy (non-hydrogen) atoms. The van der Waals surface area contributed by atoms with E-state index in [1.807, 2.05) is 24.3 Å². The van der Waals surface area contributed by atoms with Crippen LogP contribution in [0, 0.1) is 11.3 Å². The van der Waals surface area contributed by atoms with Gasteiger partial charge in [-0.15, -0.1) is 0 Å². The van der Waals surface area contributed by atoms with Crippen LogP contribution in [0.1, 0.15) is 0 Å². The Balaban J connectivity index is 0.000000271. The van der Waals surface area contributed by atoms with Crippen LogP contribution >= 0.6 is 0 Å². The number of aliphatic carboxylic acids is 2. The summed E-state index contributed by atoms with van der Waals surface area (Å²) in [6.45, 7) is 3.87. The number of pyridine rings is 1. The number of carboxylic acid groups (broad SMARTS) is 2. The molecule has 0 unspecified atom stereocenters. The Morgan fingerprint density at radius 1 is 1.00 bits per heavy atom. The van der Waals surface area contributed by atoms with Crippen molar-refractivity contribution < 1.29 is 55.6 Å². The molecule has 4 heterocycles. The number of rotatable bonds is 4. The van der Waals surface area contributed by atoms with E-state index in [0.717, 1.165) is 25.6 Å². The lowest BCUT2D eigenvalue weighted by Gasteiger charge is -2.26. The number of fused-ring (bicyclic) bond motifs is 1. The maximum Gasteiger partial charge on any atom is 0.490 e. The van der Waals surface area contributed by atoms with Crippen molar-refractivity contribution in [2.75, 3.05) is 37.8 Å². The van der Waals surface area contributed by atoms with Gasteiger partial charge in [-0.3, -0.25) is 0 Å². The molecule has 0 aromatic carbocycles. The molecule has 0 aliphatic carbocycles. The highest BCUT2D eigenvalue weighted by atomic mass is 19.4. The Bertz CT molecular complexity index is 972. The molecule has 0 radical (unpaired) electrons. The number of alkyl halides is 6. The number of nitrogens with zero attached hydrogens (tertiary/aromatic N) is 4. The van der Waals surface area contributed by atoms with Gasteiger partial charge in [-0.25, -0.2) is 24.5 Å². The fourth-order valence-corrected chi connectivity index (χ4v) is 3.29. The molecule has 2 aliphatic heterocycles. The van der Waals surface area contributed by atoms with Crippen LogP contribution in [0.3, 0.4) is 0 Å². The average Bonchev–Trinajstić information content (AvgIpc) is 3.36. The van der Waals surface area contributed by atoms with Gasteiger partial charge in [0.1, 0.15) is 0 Å². The predicted octanol–water partition coefficient (Wildman–Crippen LogP) is 2.67. The summed E-state index contributed by atoms with van der Waals surface area (Å²) in [6.07, 6.45) is -4.86.